The summed E-state index contributed by atoms with van der Waals surface area (Å²) in [5.41, 5.74) is 0. The minimum Gasteiger partial charge on any atom is -0.394 e. The van der Waals surface area contributed by atoms with E-state index in [0.717, 1.165) is 0 Å². The molecule has 0 saturated carbocycles. The molecule has 0 aromatic carbocycles. The number of hydrogen-bond donors (Lipinski definition) is 15. The largest absolute Gasteiger partial charge is 0.394 e. The average molecular weight is 859 g/mol. The Morgan fingerprint density at radius 3 is 0.603 bits per heavy atom. The van der Waals surface area contributed by atoms with Crippen LogP contribution in [0.3, 0.4) is 0 Å². The highest BCUT2D eigenvalue weighted by Crippen LogP contribution is 2.26. The maximum absolute atomic E-state index is 9.53. The highest BCUT2D eigenvalue weighted by molar-refractivity contribution is 4.91. The van der Waals surface area contributed by atoms with Crippen LogP contribution in [-0.4, -0.2) is 244 Å². The third-order valence-electron chi connectivity index (χ3n) is 8.67. The molecule has 0 aliphatic carbocycles. The van der Waals surface area contributed by atoms with E-state index in [4.69, 9.17) is 58.3 Å². The Labute approximate surface area is 337 Å². The lowest BCUT2D eigenvalue weighted by molar-refractivity contribution is -0.308. The summed E-state index contributed by atoms with van der Waals surface area (Å²) < 4.78 is 41.2. The minimum absolute atomic E-state index is 0.0932. The first kappa shape index (κ1) is 55.1. The van der Waals surface area contributed by atoms with Crippen LogP contribution in [0.2, 0.25) is 0 Å². The molecule has 348 valence electrons. The molecule has 0 amide bonds. The van der Waals surface area contributed by atoms with Gasteiger partial charge in [-0.15, -0.1) is 0 Å². The number of ether oxygens (including phenoxy) is 8. The molecule has 23 heteroatoms. The highest BCUT2D eigenvalue weighted by Gasteiger charge is 2.47. The van der Waals surface area contributed by atoms with Crippen molar-refractivity contribution in [2.24, 2.45) is 0 Å². The zero-order valence-corrected chi connectivity index (χ0v) is 34.1. The molecule has 4 heterocycles. The Morgan fingerprint density at radius 1 is 0.293 bits per heavy atom. The van der Waals surface area contributed by atoms with E-state index in [1.165, 1.54) is 0 Å². The fourth-order valence-electron chi connectivity index (χ4n) is 5.59. The first-order chi connectivity index (χ1) is 27.0. The van der Waals surface area contributed by atoms with E-state index in [2.05, 4.69) is 0 Å². The Kier molecular flexibility index (Phi) is 25.2. The van der Waals surface area contributed by atoms with E-state index in [0.29, 0.717) is 0 Å². The van der Waals surface area contributed by atoms with Crippen LogP contribution in [0.25, 0.3) is 0 Å². The Morgan fingerprint density at radius 2 is 0.448 bits per heavy atom. The summed E-state index contributed by atoms with van der Waals surface area (Å²) in [6, 6.07) is 0. The van der Waals surface area contributed by atoms with Crippen molar-refractivity contribution < 1.29 is 114 Å². The van der Waals surface area contributed by atoms with Gasteiger partial charge >= 0.3 is 0 Å². The van der Waals surface area contributed by atoms with Crippen LogP contribution in [-0.2, 0) is 37.9 Å². The molecule has 4 fully saturated rings. The molecular weight excluding hydrogens is 788 g/mol. The quantitative estimate of drug-likeness (QED) is 0.0867. The minimum atomic E-state index is -1.38. The maximum atomic E-state index is 9.53. The topological polar surface area (TPSA) is 377 Å². The van der Waals surface area contributed by atoms with Gasteiger partial charge in [-0.25, -0.2) is 0 Å². The van der Waals surface area contributed by atoms with Gasteiger partial charge in [0.2, 0.25) is 0 Å². The molecular formula is C35H70O23. The van der Waals surface area contributed by atoms with Gasteiger partial charge in [-0.3, -0.25) is 0 Å². The van der Waals surface area contributed by atoms with Gasteiger partial charge in [-0.05, 0) is 55.4 Å². The zero-order valence-electron chi connectivity index (χ0n) is 34.1. The lowest BCUT2D eigenvalue weighted by Gasteiger charge is -2.40. The summed E-state index contributed by atoms with van der Waals surface area (Å²) >= 11 is 0. The lowest BCUT2D eigenvalue weighted by Crippen LogP contribution is -2.59. The first-order valence-corrected chi connectivity index (χ1v) is 19.1. The third kappa shape index (κ3) is 16.4. The maximum Gasteiger partial charge on any atom is 0.186 e. The SMILES string of the molecule is CC(C)OC1O[C@H](CO)[C@@H](O)[C@H](O)[C@@H]1O.CC(C)O[C@@H]1O[C@H](CO)[C@H](O)[C@H](O)[C@H]1O.CC(C)O[C@H]1O[C@H](CO)[C@@H](O)[C@@H]1O.CC(C)O[C@H]1O[C@H](CO)[C@@H](O)[C@H](O)[C@H]1O. The standard InChI is InChI=1S/3C9H18O6.C8H16O5/c3*1-4(2)14-9-8(13)7(12)6(11)5(3-10)15-9;1-4(2)12-8-7(11)6(10)5(3-9)13-8/h3*4-13H,3H2,1-2H3;4-11H,3H2,1-2H3/t5-,6+,7+,8-,9-;5-,6-,7+,8+,9?;5-,6-,7+,8-,9+;5-,6-,7+,8+/m1111/s1. The van der Waals surface area contributed by atoms with Gasteiger partial charge in [0.25, 0.3) is 0 Å². The van der Waals surface area contributed by atoms with E-state index in [1.54, 1.807) is 55.4 Å². The van der Waals surface area contributed by atoms with Crippen molar-refractivity contribution in [1.29, 1.82) is 0 Å². The van der Waals surface area contributed by atoms with Crippen molar-refractivity contribution >= 4 is 0 Å². The molecule has 0 spiro atoms. The Balaban J connectivity index is 0.000000387. The normalized spacial score (nSPS) is 41.7. The number of aliphatic hydroxyl groups excluding tert-OH is 15. The fourth-order valence-corrected chi connectivity index (χ4v) is 5.59. The summed E-state index contributed by atoms with van der Waals surface area (Å²) in [5, 5.41) is 139. The molecule has 23 nitrogen and oxygen atoms in total. The Hall–Kier alpha value is -0.920. The lowest BCUT2D eigenvalue weighted by atomic mass is 9.99. The van der Waals surface area contributed by atoms with Gasteiger partial charge in [0.1, 0.15) is 91.6 Å². The van der Waals surface area contributed by atoms with Crippen molar-refractivity contribution in [1.82, 2.24) is 0 Å². The molecule has 4 aliphatic rings. The molecule has 0 radical (unpaired) electrons. The second-order valence-electron chi connectivity index (χ2n) is 15.0. The van der Waals surface area contributed by atoms with E-state index < -0.39 is 137 Å². The molecule has 4 saturated heterocycles. The summed E-state index contributed by atoms with van der Waals surface area (Å²) in [6.45, 7) is 12.5. The molecule has 4 aliphatic heterocycles. The van der Waals surface area contributed by atoms with Crippen LogP contribution < -0.4 is 0 Å². The molecule has 15 N–H and O–H groups in total. The van der Waals surface area contributed by atoms with Crippen molar-refractivity contribution in [3.8, 4) is 0 Å². The molecule has 19 atom stereocenters. The van der Waals surface area contributed by atoms with Crippen LogP contribution in [0.1, 0.15) is 55.4 Å². The van der Waals surface area contributed by atoms with E-state index >= 15 is 0 Å². The number of aliphatic hydroxyl groups is 15. The predicted octanol–water partition coefficient (Wildman–Crippen LogP) is -6.52. The Bertz CT molecular complexity index is 969. The van der Waals surface area contributed by atoms with E-state index in [-0.39, 0.29) is 31.0 Å². The fraction of sp³-hybridized carbons (Fsp3) is 1.00. The second kappa shape index (κ2) is 26.5. The monoisotopic (exact) mass is 858 g/mol. The van der Waals surface area contributed by atoms with Gasteiger partial charge in [0.05, 0.1) is 50.8 Å². The molecule has 0 aromatic rings. The first-order valence-electron chi connectivity index (χ1n) is 19.1. The van der Waals surface area contributed by atoms with Crippen molar-refractivity contribution in [2.75, 3.05) is 26.4 Å². The number of rotatable bonds is 12. The molecule has 0 aromatic heterocycles. The zero-order chi connectivity index (χ0) is 44.8. The average Bonchev–Trinajstić information content (AvgIpc) is 3.43. The summed E-state index contributed by atoms with van der Waals surface area (Å²) in [6.07, 6.45) is -22.3. The van der Waals surface area contributed by atoms with Gasteiger partial charge in [0.15, 0.2) is 25.2 Å². The highest BCUT2D eigenvalue weighted by atomic mass is 16.7. The van der Waals surface area contributed by atoms with Gasteiger partial charge in [-0.1, -0.05) is 0 Å². The number of hydrogen-bond acceptors (Lipinski definition) is 23. The van der Waals surface area contributed by atoms with E-state index in [1.807, 2.05) is 0 Å². The molecule has 0 bridgehead atoms. The van der Waals surface area contributed by atoms with Crippen LogP contribution in [0, 0.1) is 0 Å². The molecule has 1 unspecified atom stereocenters. The smallest absolute Gasteiger partial charge is 0.186 e. The summed E-state index contributed by atoms with van der Waals surface area (Å²) in [4.78, 5) is 0. The van der Waals surface area contributed by atoms with Gasteiger partial charge < -0.3 is 114 Å². The summed E-state index contributed by atoms with van der Waals surface area (Å²) in [7, 11) is 0. The van der Waals surface area contributed by atoms with Crippen molar-refractivity contribution in [3.63, 3.8) is 0 Å². The van der Waals surface area contributed by atoms with Crippen LogP contribution in [0.15, 0.2) is 0 Å². The van der Waals surface area contributed by atoms with Gasteiger partial charge in [-0.2, -0.15) is 0 Å². The third-order valence-corrected chi connectivity index (χ3v) is 8.67. The van der Waals surface area contributed by atoms with Crippen molar-refractivity contribution in [3.05, 3.63) is 0 Å². The predicted molar refractivity (Wildman–Crippen MR) is 194 cm³/mol. The second-order valence-corrected chi connectivity index (χ2v) is 15.0. The summed E-state index contributed by atoms with van der Waals surface area (Å²) in [5.74, 6) is 0. The van der Waals surface area contributed by atoms with Crippen LogP contribution in [0.4, 0.5) is 0 Å². The van der Waals surface area contributed by atoms with Gasteiger partial charge in [0, 0.05) is 0 Å². The molecule has 58 heavy (non-hydrogen) atoms. The van der Waals surface area contributed by atoms with Crippen molar-refractivity contribution in [2.45, 2.75) is 197 Å². The molecule has 4 rings (SSSR count). The van der Waals surface area contributed by atoms with Crippen LogP contribution in [0.5, 0.6) is 0 Å². The van der Waals surface area contributed by atoms with E-state index in [9.17, 15) is 56.2 Å². The van der Waals surface area contributed by atoms with Crippen LogP contribution >= 0.6 is 0 Å².